The molecule has 0 bridgehead atoms. The standard InChI is InChI=1S/C27H23N3O4S2/c1-17-18(2)36-25-24(17)26(32)30(15-22-9-6-14-33-22)27(29-25)35-16-23(31)28-19-10-12-21(13-11-19)34-20-7-4-3-5-8-20/h3-14H,15-16H2,1-2H3,(H,28,31). The molecule has 5 rings (SSSR count). The van der Waals surface area contributed by atoms with Crippen LogP contribution >= 0.6 is 23.1 Å². The van der Waals surface area contributed by atoms with E-state index in [-0.39, 0.29) is 23.8 Å². The number of rotatable bonds is 8. The maximum Gasteiger partial charge on any atom is 0.263 e. The van der Waals surface area contributed by atoms with Crippen molar-refractivity contribution in [2.24, 2.45) is 0 Å². The molecule has 0 atom stereocenters. The number of thioether (sulfide) groups is 1. The van der Waals surface area contributed by atoms with Gasteiger partial charge in [-0.15, -0.1) is 11.3 Å². The second kappa shape index (κ2) is 10.4. The first-order valence-electron chi connectivity index (χ1n) is 11.3. The van der Waals surface area contributed by atoms with Crippen molar-refractivity contribution in [3.05, 3.63) is 99.5 Å². The van der Waals surface area contributed by atoms with Gasteiger partial charge in [-0.1, -0.05) is 30.0 Å². The van der Waals surface area contributed by atoms with Gasteiger partial charge < -0.3 is 14.5 Å². The lowest BCUT2D eigenvalue weighted by molar-refractivity contribution is -0.113. The predicted octanol–water partition coefficient (Wildman–Crippen LogP) is 6.24. The Morgan fingerprint density at radius 3 is 2.53 bits per heavy atom. The highest BCUT2D eigenvalue weighted by Gasteiger charge is 2.18. The highest BCUT2D eigenvalue weighted by molar-refractivity contribution is 7.99. The summed E-state index contributed by atoms with van der Waals surface area (Å²) in [6.45, 7) is 4.16. The number of fused-ring (bicyclic) bond motifs is 1. The van der Waals surface area contributed by atoms with Crippen LogP contribution in [0.25, 0.3) is 10.2 Å². The van der Waals surface area contributed by atoms with E-state index in [1.807, 2.05) is 50.2 Å². The number of nitrogens with zero attached hydrogens (tertiary/aromatic N) is 2. The quantitative estimate of drug-likeness (QED) is 0.194. The van der Waals surface area contributed by atoms with Crippen molar-refractivity contribution in [3.63, 3.8) is 0 Å². The monoisotopic (exact) mass is 517 g/mol. The number of hydrogen-bond donors (Lipinski definition) is 1. The molecule has 5 aromatic rings. The van der Waals surface area contributed by atoms with Crippen molar-refractivity contribution >= 4 is 44.9 Å². The molecular formula is C27H23N3O4S2. The van der Waals surface area contributed by atoms with Gasteiger partial charge in [-0.3, -0.25) is 14.2 Å². The fraction of sp³-hybridized carbons (Fsp3) is 0.148. The Labute approximate surface area is 215 Å². The molecule has 0 aliphatic rings. The van der Waals surface area contributed by atoms with E-state index in [0.29, 0.717) is 32.6 Å². The summed E-state index contributed by atoms with van der Waals surface area (Å²) < 4.78 is 12.8. The summed E-state index contributed by atoms with van der Waals surface area (Å²) in [5, 5.41) is 3.99. The highest BCUT2D eigenvalue weighted by Crippen LogP contribution is 2.29. The Kier molecular flexibility index (Phi) is 6.92. The van der Waals surface area contributed by atoms with Crippen molar-refractivity contribution < 1.29 is 13.9 Å². The first-order valence-corrected chi connectivity index (χ1v) is 13.1. The van der Waals surface area contributed by atoms with Crippen LogP contribution < -0.4 is 15.6 Å². The van der Waals surface area contributed by atoms with E-state index in [2.05, 4.69) is 5.32 Å². The van der Waals surface area contributed by atoms with Gasteiger partial charge >= 0.3 is 0 Å². The third-order valence-electron chi connectivity index (χ3n) is 5.60. The number of amides is 1. The summed E-state index contributed by atoms with van der Waals surface area (Å²) in [7, 11) is 0. The van der Waals surface area contributed by atoms with Crippen LogP contribution in [-0.4, -0.2) is 21.2 Å². The zero-order valence-electron chi connectivity index (χ0n) is 19.7. The summed E-state index contributed by atoms with van der Waals surface area (Å²) >= 11 is 2.71. The molecule has 0 aliphatic heterocycles. The second-order valence-corrected chi connectivity index (χ2v) is 10.3. The normalized spacial score (nSPS) is 11.1. The van der Waals surface area contributed by atoms with Crippen molar-refractivity contribution in [2.75, 3.05) is 11.1 Å². The number of aromatic nitrogens is 2. The summed E-state index contributed by atoms with van der Waals surface area (Å²) in [5.41, 5.74) is 1.46. The van der Waals surface area contributed by atoms with Gasteiger partial charge in [0, 0.05) is 10.6 Å². The lowest BCUT2D eigenvalue weighted by Crippen LogP contribution is -2.24. The summed E-state index contributed by atoms with van der Waals surface area (Å²) in [6.07, 6.45) is 1.57. The number of aryl methyl sites for hydroxylation is 2. The number of nitrogens with one attached hydrogen (secondary N) is 1. The molecule has 2 aromatic carbocycles. The van der Waals surface area contributed by atoms with Crippen LogP contribution in [0.2, 0.25) is 0 Å². The third-order valence-corrected chi connectivity index (χ3v) is 7.67. The lowest BCUT2D eigenvalue weighted by Gasteiger charge is -2.11. The minimum absolute atomic E-state index is 0.0989. The fourth-order valence-electron chi connectivity index (χ4n) is 3.67. The van der Waals surface area contributed by atoms with Crippen molar-refractivity contribution in [1.82, 2.24) is 9.55 Å². The average molecular weight is 518 g/mol. The van der Waals surface area contributed by atoms with Crippen LogP contribution in [-0.2, 0) is 11.3 Å². The van der Waals surface area contributed by atoms with Gasteiger partial charge in [0.2, 0.25) is 5.91 Å². The number of hydrogen-bond acceptors (Lipinski definition) is 7. The predicted molar refractivity (Wildman–Crippen MR) is 143 cm³/mol. The van der Waals surface area contributed by atoms with Gasteiger partial charge in [0.05, 0.1) is 23.9 Å². The Morgan fingerprint density at radius 1 is 1.06 bits per heavy atom. The lowest BCUT2D eigenvalue weighted by atomic mass is 10.2. The molecule has 0 spiro atoms. The van der Waals surface area contributed by atoms with E-state index >= 15 is 0 Å². The van der Waals surface area contributed by atoms with Gasteiger partial charge in [0.25, 0.3) is 5.56 Å². The first kappa shape index (κ1) is 23.9. The van der Waals surface area contributed by atoms with E-state index in [9.17, 15) is 9.59 Å². The number of para-hydroxylation sites is 1. The Bertz CT molecular complexity index is 1560. The molecule has 7 nitrogen and oxygen atoms in total. The molecular weight excluding hydrogens is 494 g/mol. The minimum Gasteiger partial charge on any atom is -0.467 e. The van der Waals surface area contributed by atoms with E-state index in [4.69, 9.17) is 14.1 Å². The molecule has 0 radical (unpaired) electrons. The summed E-state index contributed by atoms with van der Waals surface area (Å²) in [5.74, 6) is 1.96. The minimum atomic E-state index is -0.200. The number of carbonyl (C=O) groups is 1. The van der Waals surface area contributed by atoms with Crippen LogP contribution in [0.3, 0.4) is 0 Å². The Morgan fingerprint density at radius 2 is 1.81 bits per heavy atom. The average Bonchev–Trinajstić information content (AvgIpc) is 3.49. The molecule has 0 saturated carbocycles. The molecule has 0 saturated heterocycles. The molecule has 36 heavy (non-hydrogen) atoms. The van der Waals surface area contributed by atoms with Crippen LogP contribution in [0.5, 0.6) is 11.5 Å². The number of anilines is 1. The largest absolute Gasteiger partial charge is 0.467 e. The highest BCUT2D eigenvalue weighted by atomic mass is 32.2. The molecule has 0 aliphatic carbocycles. The van der Waals surface area contributed by atoms with Crippen LogP contribution in [0.15, 0.2) is 87.4 Å². The molecule has 182 valence electrons. The molecule has 9 heteroatoms. The van der Waals surface area contributed by atoms with Gasteiger partial charge in [0.15, 0.2) is 5.16 Å². The fourth-order valence-corrected chi connectivity index (χ4v) is 5.54. The molecule has 1 amide bonds. The topological polar surface area (TPSA) is 86.4 Å². The zero-order valence-corrected chi connectivity index (χ0v) is 21.3. The maximum atomic E-state index is 13.4. The van der Waals surface area contributed by atoms with Crippen molar-refractivity contribution in [1.29, 1.82) is 0 Å². The van der Waals surface area contributed by atoms with Crippen LogP contribution in [0, 0.1) is 13.8 Å². The summed E-state index contributed by atoms with van der Waals surface area (Å²) in [4.78, 5) is 32.5. The van der Waals surface area contributed by atoms with Crippen LogP contribution in [0.1, 0.15) is 16.2 Å². The zero-order chi connectivity index (χ0) is 25.1. The molecule has 3 heterocycles. The van der Waals surface area contributed by atoms with Crippen molar-refractivity contribution in [3.8, 4) is 11.5 Å². The second-order valence-electron chi connectivity index (χ2n) is 8.10. The molecule has 0 unspecified atom stereocenters. The van der Waals surface area contributed by atoms with Gasteiger partial charge in [0.1, 0.15) is 22.1 Å². The van der Waals surface area contributed by atoms with Crippen LogP contribution in [0.4, 0.5) is 5.69 Å². The number of thiophene rings is 1. The maximum absolute atomic E-state index is 13.4. The first-order chi connectivity index (χ1) is 17.5. The molecule has 0 fully saturated rings. The number of benzene rings is 2. The number of ether oxygens (including phenoxy) is 1. The Hall–Kier alpha value is -3.82. The van der Waals surface area contributed by atoms with E-state index in [0.717, 1.165) is 16.2 Å². The van der Waals surface area contributed by atoms with E-state index in [1.54, 1.807) is 41.2 Å². The number of carbonyl (C=O) groups excluding carboxylic acids is 1. The van der Waals surface area contributed by atoms with Gasteiger partial charge in [-0.2, -0.15) is 0 Å². The smallest absolute Gasteiger partial charge is 0.263 e. The SMILES string of the molecule is Cc1sc2nc(SCC(=O)Nc3ccc(Oc4ccccc4)cc3)n(Cc3ccco3)c(=O)c2c1C. The summed E-state index contributed by atoms with van der Waals surface area (Å²) in [6, 6.07) is 20.3. The van der Waals surface area contributed by atoms with E-state index in [1.165, 1.54) is 23.1 Å². The van der Waals surface area contributed by atoms with Gasteiger partial charge in [-0.25, -0.2) is 4.98 Å². The Balaban J connectivity index is 1.30. The van der Waals surface area contributed by atoms with Gasteiger partial charge in [-0.05, 0) is 67.9 Å². The molecule has 1 N–H and O–H groups in total. The third kappa shape index (κ3) is 5.22. The molecule has 3 aromatic heterocycles. The van der Waals surface area contributed by atoms with E-state index < -0.39 is 0 Å². The number of furan rings is 1. The van der Waals surface area contributed by atoms with Crippen molar-refractivity contribution in [2.45, 2.75) is 25.5 Å².